The Morgan fingerprint density at radius 3 is 2.53 bits per heavy atom. The highest BCUT2D eigenvalue weighted by molar-refractivity contribution is 5.84. The molecule has 0 aromatic carbocycles. The number of carbonyl (C=O) groups is 1. The maximum atomic E-state index is 13.0. The molecule has 0 bridgehead atoms. The van der Waals surface area contributed by atoms with E-state index in [0.29, 0.717) is 25.6 Å². The van der Waals surface area contributed by atoms with Crippen LogP contribution in [0.1, 0.15) is 38.2 Å². The van der Waals surface area contributed by atoms with E-state index in [2.05, 4.69) is 25.9 Å². The zero-order chi connectivity index (χ0) is 22.2. The zero-order valence-electron chi connectivity index (χ0n) is 17.8. The lowest BCUT2D eigenvalue weighted by atomic mass is 9.85. The first-order valence-corrected chi connectivity index (χ1v) is 10.2. The molecule has 0 atom stereocenters. The first-order chi connectivity index (χ1) is 14.2. The number of aromatic nitrogens is 1. The van der Waals surface area contributed by atoms with Gasteiger partial charge in [0.05, 0.1) is 17.5 Å². The molecule has 0 radical (unpaired) electrons. The van der Waals surface area contributed by atoms with E-state index in [1.165, 1.54) is 12.3 Å². The number of carbonyl (C=O) groups excluding carboxylic acids is 1. The number of nitrogens with zero attached hydrogens (tertiary/aromatic N) is 3. The summed E-state index contributed by atoms with van der Waals surface area (Å²) in [5.41, 5.74) is -1.27. The second-order valence-electron chi connectivity index (χ2n) is 7.63. The summed E-state index contributed by atoms with van der Waals surface area (Å²) in [6, 6.07) is 2.26. The van der Waals surface area contributed by atoms with E-state index >= 15 is 0 Å². The molecule has 0 unspecified atom stereocenters. The molecule has 1 fully saturated rings. The predicted molar refractivity (Wildman–Crippen MR) is 111 cm³/mol. The summed E-state index contributed by atoms with van der Waals surface area (Å²) < 4.78 is 39.1. The number of aliphatic imine (C=N–C) groups is 1. The van der Waals surface area contributed by atoms with Crippen molar-refractivity contribution >= 4 is 17.7 Å². The lowest BCUT2D eigenvalue weighted by molar-refractivity contribution is -0.139. The van der Waals surface area contributed by atoms with Gasteiger partial charge in [0.1, 0.15) is 5.82 Å². The lowest BCUT2D eigenvalue weighted by Gasteiger charge is -2.29. The molecular weight excluding hydrogens is 397 g/mol. The van der Waals surface area contributed by atoms with Crippen LogP contribution in [0.5, 0.6) is 0 Å². The normalized spacial score (nSPS) is 16.3. The van der Waals surface area contributed by atoms with Gasteiger partial charge in [-0.3, -0.25) is 9.79 Å². The molecule has 1 aliphatic carbocycles. The van der Waals surface area contributed by atoms with Crippen molar-refractivity contribution in [2.45, 2.75) is 38.8 Å². The number of hydrogen-bond donors (Lipinski definition) is 3. The molecule has 1 aromatic heterocycles. The van der Waals surface area contributed by atoms with Crippen molar-refractivity contribution < 1.29 is 18.0 Å². The predicted octanol–water partition coefficient (Wildman–Crippen LogP) is 2.72. The average molecular weight is 429 g/mol. The first kappa shape index (κ1) is 23.8. The molecule has 1 aliphatic rings. The minimum absolute atomic E-state index is 0.0936. The number of hydrogen-bond acceptors (Lipinski definition) is 4. The van der Waals surface area contributed by atoms with E-state index in [0.717, 1.165) is 31.7 Å². The molecule has 1 saturated carbocycles. The smallest absolute Gasteiger partial charge is 0.368 e. The molecule has 7 nitrogen and oxygen atoms in total. The van der Waals surface area contributed by atoms with Gasteiger partial charge in [0, 0.05) is 39.9 Å². The quantitative estimate of drug-likeness (QED) is 0.337. The number of alkyl halides is 3. The minimum atomic E-state index is -4.46. The molecule has 30 heavy (non-hydrogen) atoms. The minimum Gasteiger partial charge on any atom is -0.368 e. The Hall–Kier alpha value is -2.52. The van der Waals surface area contributed by atoms with Gasteiger partial charge in [0.25, 0.3) is 0 Å². The highest BCUT2D eigenvalue weighted by atomic mass is 19.4. The first-order valence-electron chi connectivity index (χ1n) is 10.2. The Kier molecular flexibility index (Phi) is 8.31. The van der Waals surface area contributed by atoms with E-state index in [1.807, 2.05) is 6.92 Å². The average Bonchev–Trinajstić information content (AvgIpc) is 3.18. The fourth-order valence-corrected chi connectivity index (χ4v) is 3.67. The van der Waals surface area contributed by atoms with Crippen LogP contribution < -0.4 is 16.0 Å². The van der Waals surface area contributed by atoms with E-state index in [1.54, 1.807) is 19.0 Å². The van der Waals surface area contributed by atoms with Crippen LogP contribution in [0.2, 0.25) is 0 Å². The molecule has 1 heterocycles. The Labute approximate surface area is 175 Å². The van der Waals surface area contributed by atoms with Gasteiger partial charge in [-0.2, -0.15) is 13.2 Å². The summed E-state index contributed by atoms with van der Waals surface area (Å²) >= 11 is 0. The summed E-state index contributed by atoms with van der Waals surface area (Å²) in [5.74, 6) is 0.431. The number of rotatable bonds is 8. The van der Waals surface area contributed by atoms with Gasteiger partial charge in [-0.1, -0.05) is 12.8 Å². The van der Waals surface area contributed by atoms with Crippen molar-refractivity contribution in [3.63, 3.8) is 0 Å². The van der Waals surface area contributed by atoms with Crippen LogP contribution in [0.25, 0.3) is 0 Å². The summed E-state index contributed by atoms with van der Waals surface area (Å²) in [6.07, 6.45) is 0.500. The maximum absolute atomic E-state index is 13.0. The van der Waals surface area contributed by atoms with Crippen LogP contribution in [0.4, 0.5) is 19.0 Å². The molecule has 168 valence electrons. The van der Waals surface area contributed by atoms with Gasteiger partial charge in [-0.25, -0.2) is 4.98 Å². The number of halogens is 3. The summed E-state index contributed by atoms with van der Waals surface area (Å²) in [5, 5.41) is 8.94. The summed E-state index contributed by atoms with van der Waals surface area (Å²) in [6.45, 7) is 3.51. The van der Waals surface area contributed by atoms with Gasteiger partial charge >= 0.3 is 6.18 Å². The highest BCUT2D eigenvalue weighted by Gasteiger charge is 2.42. The van der Waals surface area contributed by atoms with Crippen molar-refractivity contribution in [2.75, 3.05) is 45.6 Å². The zero-order valence-corrected chi connectivity index (χ0v) is 17.8. The molecule has 2 rings (SSSR count). The van der Waals surface area contributed by atoms with Crippen LogP contribution in [-0.2, 0) is 11.0 Å². The third kappa shape index (κ3) is 6.24. The van der Waals surface area contributed by atoms with Gasteiger partial charge in [-0.05, 0) is 31.9 Å². The van der Waals surface area contributed by atoms with Crippen LogP contribution in [-0.4, -0.2) is 62.0 Å². The third-order valence-electron chi connectivity index (χ3n) is 5.13. The molecular formula is C20H31F3N6O. The molecule has 3 N–H and O–H groups in total. The van der Waals surface area contributed by atoms with Gasteiger partial charge < -0.3 is 20.9 Å². The largest absolute Gasteiger partial charge is 0.419 e. The van der Waals surface area contributed by atoms with Gasteiger partial charge in [0.15, 0.2) is 5.96 Å². The van der Waals surface area contributed by atoms with Crippen molar-refractivity contribution in [1.82, 2.24) is 20.5 Å². The van der Waals surface area contributed by atoms with Gasteiger partial charge in [-0.15, -0.1) is 0 Å². The number of pyridine rings is 1. The molecule has 1 amide bonds. The van der Waals surface area contributed by atoms with Crippen LogP contribution in [0.15, 0.2) is 23.3 Å². The fraction of sp³-hybridized carbons (Fsp3) is 0.650. The molecule has 1 aromatic rings. The molecule has 10 heteroatoms. The Morgan fingerprint density at radius 2 is 1.93 bits per heavy atom. The standard InChI is InChI=1S/C20H31F3N6O/c1-4-24-18(28-14-19(9-5-6-10-19)17(30)29(2)3)27-13-12-26-16-15(20(21,22)23)8-7-11-25-16/h7-8,11H,4-6,9-10,12-14H2,1-3H3,(H,25,26)(H2,24,27,28). The SMILES string of the molecule is CCNC(=NCC1(C(=O)N(C)C)CCCC1)NCCNc1ncccc1C(F)(F)F. The monoisotopic (exact) mass is 428 g/mol. The van der Waals surface area contributed by atoms with Crippen molar-refractivity contribution in [3.8, 4) is 0 Å². The number of nitrogens with one attached hydrogen (secondary N) is 3. The second kappa shape index (κ2) is 10.5. The van der Waals surface area contributed by atoms with E-state index in [-0.39, 0.29) is 18.3 Å². The third-order valence-corrected chi connectivity index (χ3v) is 5.13. The lowest BCUT2D eigenvalue weighted by Crippen LogP contribution is -2.43. The van der Waals surface area contributed by atoms with Crippen LogP contribution >= 0.6 is 0 Å². The summed E-state index contributed by atoms with van der Waals surface area (Å²) in [4.78, 5) is 22.7. The fourth-order valence-electron chi connectivity index (χ4n) is 3.67. The van der Waals surface area contributed by atoms with E-state index < -0.39 is 17.2 Å². The highest BCUT2D eigenvalue weighted by Crippen LogP contribution is 2.39. The number of amides is 1. The van der Waals surface area contributed by atoms with Crippen LogP contribution in [0, 0.1) is 5.41 Å². The Balaban J connectivity index is 1.96. The molecule has 0 aliphatic heterocycles. The van der Waals surface area contributed by atoms with Gasteiger partial charge in [0.2, 0.25) is 5.91 Å². The Bertz CT molecular complexity index is 729. The number of guanidine groups is 1. The molecule has 0 saturated heterocycles. The second-order valence-corrected chi connectivity index (χ2v) is 7.63. The van der Waals surface area contributed by atoms with E-state index in [9.17, 15) is 18.0 Å². The topological polar surface area (TPSA) is 81.7 Å². The van der Waals surface area contributed by atoms with Crippen molar-refractivity contribution in [1.29, 1.82) is 0 Å². The summed E-state index contributed by atoms with van der Waals surface area (Å²) in [7, 11) is 3.52. The van der Waals surface area contributed by atoms with E-state index in [4.69, 9.17) is 0 Å². The molecule has 0 spiro atoms. The number of anilines is 1. The Morgan fingerprint density at radius 1 is 1.23 bits per heavy atom. The van der Waals surface area contributed by atoms with Crippen molar-refractivity contribution in [3.05, 3.63) is 23.9 Å². The van der Waals surface area contributed by atoms with Crippen LogP contribution in [0.3, 0.4) is 0 Å². The van der Waals surface area contributed by atoms with Crippen molar-refractivity contribution in [2.24, 2.45) is 10.4 Å². The maximum Gasteiger partial charge on any atom is 0.419 e.